The Balaban J connectivity index is 3.19. The molecule has 0 aliphatic rings. The zero-order valence-electron chi connectivity index (χ0n) is 23.3. The summed E-state index contributed by atoms with van der Waals surface area (Å²) in [5.41, 5.74) is 17.4. The second kappa shape index (κ2) is 17.9. The van der Waals surface area contributed by atoms with E-state index in [2.05, 4.69) is 20.9 Å². The quantitative estimate of drug-likeness (QED) is 0.0637. The number of carbonyl (C=O) groups excluding carboxylic acids is 3. The Morgan fingerprint density at radius 2 is 1.57 bits per heavy atom. The maximum absolute atomic E-state index is 13.5. The monoisotopic (exact) mass is 581 g/mol. The lowest BCUT2D eigenvalue weighted by atomic mass is 9.98. The molecule has 1 aromatic carbocycles. The minimum atomic E-state index is -1.19. The first kappa shape index (κ1) is 34.5. The highest BCUT2D eigenvalue weighted by Gasteiger charge is 2.32. The van der Waals surface area contributed by atoms with Crippen LogP contribution in [-0.4, -0.2) is 82.6 Å². The van der Waals surface area contributed by atoms with Crippen molar-refractivity contribution in [1.29, 1.82) is 0 Å². The number of carboxylic acids is 1. The molecule has 0 aliphatic heterocycles. The highest BCUT2D eigenvalue weighted by atomic mass is 32.2. The number of phenols is 1. The van der Waals surface area contributed by atoms with E-state index in [0.717, 1.165) is 0 Å². The van der Waals surface area contributed by atoms with Crippen molar-refractivity contribution in [3.63, 3.8) is 0 Å². The topological polar surface area (TPSA) is 235 Å². The molecule has 0 spiro atoms. The van der Waals surface area contributed by atoms with Gasteiger partial charge in [0.2, 0.25) is 17.7 Å². The molecule has 0 aliphatic carbocycles. The predicted molar refractivity (Wildman–Crippen MR) is 156 cm³/mol. The molecule has 0 saturated carbocycles. The zero-order valence-corrected chi connectivity index (χ0v) is 24.1. The largest absolute Gasteiger partial charge is 0.508 e. The van der Waals surface area contributed by atoms with E-state index in [1.54, 1.807) is 19.1 Å². The average Bonchev–Trinajstić information content (AvgIpc) is 2.91. The Bertz CT molecular complexity index is 1000. The van der Waals surface area contributed by atoms with Crippen molar-refractivity contribution < 1.29 is 29.4 Å². The van der Waals surface area contributed by atoms with Gasteiger partial charge in [-0.3, -0.25) is 19.4 Å². The van der Waals surface area contributed by atoms with Gasteiger partial charge >= 0.3 is 5.97 Å². The van der Waals surface area contributed by atoms with Crippen LogP contribution < -0.4 is 33.2 Å². The van der Waals surface area contributed by atoms with Gasteiger partial charge in [-0.25, -0.2) is 4.79 Å². The van der Waals surface area contributed by atoms with Crippen LogP contribution in [0.15, 0.2) is 29.3 Å². The maximum atomic E-state index is 13.5. The molecule has 0 aromatic heterocycles. The van der Waals surface area contributed by atoms with Crippen LogP contribution in [0, 0.1) is 5.92 Å². The van der Waals surface area contributed by atoms with Gasteiger partial charge in [-0.05, 0) is 54.9 Å². The van der Waals surface area contributed by atoms with Crippen LogP contribution >= 0.6 is 11.8 Å². The number of thioether (sulfide) groups is 1. The molecule has 1 aromatic rings. The summed E-state index contributed by atoms with van der Waals surface area (Å²) in [6.45, 7) is 3.70. The van der Waals surface area contributed by atoms with Gasteiger partial charge in [0.25, 0.3) is 0 Å². The van der Waals surface area contributed by atoms with Crippen molar-refractivity contribution >= 4 is 41.4 Å². The van der Waals surface area contributed by atoms with Crippen LogP contribution in [0.3, 0.4) is 0 Å². The summed E-state index contributed by atoms with van der Waals surface area (Å²) in [5, 5.41) is 27.1. The molecule has 0 saturated heterocycles. The number of amides is 3. The fourth-order valence-corrected chi connectivity index (χ4v) is 4.20. The number of aromatic hydroxyl groups is 1. The van der Waals surface area contributed by atoms with Crippen LogP contribution in [0.4, 0.5) is 0 Å². The maximum Gasteiger partial charge on any atom is 0.326 e. The minimum absolute atomic E-state index is 0.0414. The number of hydrogen-bond donors (Lipinski definition) is 8. The van der Waals surface area contributed by atoms with E-state index in [1.807, 2.05) is 13.2 Å². The molecule has 0 fully saturated rings. The molecular formula is C26H43N7O6S. The van der Waals surface area contributed by atoms with Gasteiger partial charge in [0.1, 0.15) is 23.9 Å². The van der Waals surface area contributed by atoms with E-state index < -0.39 is 47.9 Å². The normalized spacial score (nSPS) is 14.6. The molecule has 0 radical (unpaired) electrons. The predicted octanol–water partition coefficient (Wildman–Crippen LogP) is -0.346. The first-order valence-electron chi connectivity index (χ1n) is 13.1. The molecular weight excluding hydrogens is 538 g/mol. The van der Waals surface area contributed by atoms with Gasteiger partial charge in [-0.2, -0.15) is 11.8 Å². The highest BCUT2D eigenvalue weighted by molar-refractivity contribution is 7.98. The van der Waals surface area contributed by atoms with E-state index in [1.165, 1.54) is 23.9 Å². The van der Waals surface area contributed by atoms with Crippen molar-refractivity contribution in [3.8, 4) is 5.75 Å². The molecule has 0 heterocycles. The number of carboxylic acid groups (broad SMARTS) is 1. The number of carbonyl (C=O) groups is 4. The summed E-state index contributed by atoms with van der Waals surface area (Å²) in [4.78, 5) is 55.1. The summed E-state index contributed by atoms with van der Waals surface area (Å²) < 4.78 is 0. The van der Waals surface area contributed by atoms with Gasteiger partial charge in [0.15, 0.2) is 5.96 Å². The second-order valence-electron chi connectivity index (χ2n) is 9.54. The van der Waals surface area contributed by atoms with Gasteiger partial charge in [-0.15, -0.1) is 0 Å². The number of benzene rings is 1. The number of guanidine groups is 1. The van der Waals surface area contributed by atoms with E-state index >= 15 is 0 Å². The number of phenolic OH excluding ortho intramolecular Hbond substituents is 1. The van der Waals surface area contributed by atoms with E-state index in [4.69, 9.17) is 17.2 Å². The second-order valence-corrected chi connectivity index (χ2v) is 10.5. The Labute approximate surface area is 239 Å². The van der Waals surface area contributed by atoms with Gasteiger partial charge in [0.05, 0.1) is 6.04 Å². The lowest BCUT2D eigenvalue weighted by Crippen LogP contribution is -2.58. The highest BCUT2D eigenvalue weighted by Crippen LogP contribution is 2.13. The van der Waals surface area contributed by atoms with Gasteiger partial charge in [-0.1, -0.05) is 32.4 Å². The molecule has 3 amide bonds. The van der Waals surface area contributed by atoms with Crippen molar-refractivity contribution in [2.45, 2.75) is 70.1 Å². The average molecular weight is 582 g/mol. The summed E-state index contributed by atoms with van der Waals surface area (Å²) in [5.74, 6) is -2.84. The SMILES string of the molecule is CCC(C)C(NC(=O)C(CCCN=C(N)N)NC(=O)C(Cc1ccc(O)cc1)NC(=O)C(N)CCSC)C(=O)O. The van der Waals surface area contributed by atoms with Gasteiger partial charge in [0, 0.05) is 13.0 Å². The Morgan fingerprint density at radius 3 is 2.12 bits per heavy atom. The number of rotatable bonds is 18. The van der Waals surface area contributed by atoms with Crippen LogP contribution in [0.2, 0.25) is 0 Å². The van der Waals surface area contributed by atoms with Crippen LogP contribution in [0.5, 0.6) is 5.75 Å². The first-order valence-corrected chi connectivity index (χ1v) is 14.5. The molecule has 13 nitrogen and oxygen atoms in total. The summed E-state index contributed by atoms with van der Waals surface area (Å²) in [6, 6.07) is 1.91. The molecule has 1 rings (SSSR count). The smallest absolute Gasteiger partial charge is 0.326 e. The van der Waals surface area contributed by atoms with Crippen molar-refractivity contribution in [3.05, 3.63) is 29.8 Å². The Morgan fingerprint density at radius 1 is 0.975 bits per heavy atom. The summed E-state index contributed by atoms with van der Waals surface area (Å²) in [7, 11) is 0. The fourth-order valence-electron chi connectivity index (χ4n) is 3.71. The van der Waals surface area contributed by atoms with Crippen LogP contribution in [0.1, 0.15) is 45.1 Å². The van der Waals surface area contributed by atoms with Crippen LogP contribution in [-0.2, 0) is 25.6 Å². The number of nitrogens with zero attached hydrogens (tertiary/aromatic N) is 1. The van der Waals surface area contributed by atoms with Crippen molar-refractivity contribution in [1.82, 2.24) is 16.0 Å². The lowest BCUT2D eigenvalue weighted by Gasteiger charge is -2.26. The number of aliphatic imine (C=N–C) groups is 1. The zero-order chi connectivity index (χ0) is 30.2. The fraction of sp³-hybridized carbons (Fsp3) is 0.577. The lowest BCUT2D eigenvalue weighted by molar-refractivity contribution is -0.144. The Hall–Kier alpha value is -3.52. The van der Waals surface area contributed by atoms with Crippen molar-refractivity contribution in [2.75, 3.05) is 18.6 Å². The number of nitrogens with two attached hydrogens (primary N) is 3. The number of hydrogen-bond acceptors (Lipinski definition) is 8. The van der Waals surface area contributed by atoms with E-state index in [-0.39, 0.29) is 37.0 Å². The van der Waals surface area contributed by atoms with E-state index in [0.29, 0.717) is 30.6 Å². The van der Waals surface area contributed by atoms with Gasteiger partial charge < -0.3 is 43.4 Å². The summed E-state index contributed by atoms with van der Waals surface area (Å²) in [6.07, 6.45) is 3.28. The standard InChI is InChI=1S/C26H43N7O6S/c1-4-15(2)21(25(38)39)33-23(36)19(6-5-12-30-26(28)29)31-24(37)20(14-16-7-9-17(34)10-8-16)32-22(35)18(27)11-13-40-3/h7-10,15,18-21,34H,4-6,11-14,27H2,1-3H3,(H,31,37)(H,32,35)(H,33,36)(H,38,39)(H4,28,29,30). The third kappa shape index (κ3) is 12.6. The summed E-state index contributed by atoms with van der Waals surface area (Å²) >= 11 is 1.54. The molecule has 14 heteroatoms. The molecule has 11 N–H and O–H groups in total. The molecule has 40 heavy (non-hydrogen) atoms. The number of aliphatic carboxylic acids is 1. The third-order valence-corrected chi connectivity index (χ3v) is 6.98. The van der Waals surface area contributed by atoms with E-state index in [9.17, 15) is 29.4 Å². The molecule has 224 valence electrons. The third-order valence-electron chi connectivity index (χ3n) is 6.33. The minimum Gasteiger partial charge on any atom is -0.508 e. The number of nitrogens with one attached hydrogen (secondary N) is 3. The molecule has 0 bridgehead atoms. The molecule has 5 atom stereocenters. The first-order chi connectivity index (χ1) is 18.9. The van der Waals surface area contributed by atoms with Crippen molar-refractivity contribution in [2.24, 2.45) is 28.1 Å². The Kier molecular flexibility index (Phi) is 15.5. The van der Waals surface area contributed by atoms with Crippen LogP contribution in [0.25, 0.3) is 0 Å². The molecule has 5 unspecified atom stereocenters.